The molecule has 0 radical (unpaired) electrons. The van der Waals surface area contributed by atoms with Gasteiger partial charge in [-0.25, -0.2) is 0 Å². The molecule has 0 saturated carbocycles. The molecule has 2 aromatic heterocycles. The van der Waals surface area contributed by atoms with Crippen molar-refractivity contribution in [3.8, 4) is 23.7 Å². The minimum absolute atomic E-state index is 0.593. The average Bonchev–Trinajstić information content (AvgIpc) is 2.61. The summed E-state index contributed by atoms with van der Waals surface area (Å²) in [6, 6.07) is 13.1. The second-order valence-corrected chi connectivity index (χ2v) is 4.74. The van der Waals surface area contributed by atoms with Gasteiger partial charge in [0.2, 0.25) is 0 Å². The summed E-state index contributed by atoms with van der Waals surface area (Å²) >= 11 is 0. The average molecular weight is 295 g/mol. The van der Waals surface area contributed by atoms with Gasteiger partial charge in [-0.3, -0.25) is 9.97 Å². The highest BCUT2D eigenvalue weighted by Gasteiger charge is 2.00. The van der Waals surface area contributed by atoms with Crippen LogP contribution in [0, 0.1) is 23.7 Å². The second kappa shape index (κ2) is 6.93. The number of pyridine rings is 2. The van der Waals surface area contributed by atoms with Gasteiger partial charge in [-0.2, -0.15) is 0 Å². The van der Waals surface area contributed by atoms with Crippen LogP contribution in [0.4, 0.5) is 5.69 Å². The molecule has 3 rings (SSSR count). The van der Waals surface area contributed by atoms with Crippen LogP contribution < -0.4 is 5.73 Å². The van der Waals surface area contributed by atoms with Crippen molar-refractivity contribution in [2.45, 2.75) is 0 Å². The number of nitrogens with two attached hydrogens (primary N) is 1. The Balaban J connectivity index is 1.91. The molecule has 0 unspecified atom stereocenters. The fourth-order valence-corrected chi connectivity index (χ4v) is 1.93. The van der Waals surface area contributed by atoms with Gasteiger partial charge in [0.15, 0.2) is 0 Å². The molecular formula is C20H13N3. The highest BCUT2D eigenvalue weighted by molar-refractivity contribution is 5.67. The molecule has 3 heteroatoms. The summed E-state index contributed by atoms with van der Waals surface area (Å²) in [6.45, 7) is 0. The third kappa shape index (κ3) is 3.75. The Kier molecular flexibility index (Phi) is 4.34. The van der Waals surface area contributed by atoms with Crippen molar-refractivity contribution in [1.82, 2.24) is 9.97 Å². The van der Waals surface area contributed by atoms with Gasteiger partial charge < -0.3 is 5.73 Å². The first-order valence-electron chi connectivity index (χ1n) is 7.05. The van der Waals surface area contributed by atoms with Crippen LogP contribution in [-0.4, -0.2) is 9.97 Å². The van der Waals surface area contributed by atoms with Crippen LogP contribution in [0.1, 0.15) is 22.3 Å². The summed E-state index contributed by atoms with van der Waals surface area (Å²) in [5.41, 5.74) is 10.1. The van der Waals surface area contributed by atoms with Gasteiger partial charge in [0, 0.05) is 47.0 Å². The lowest BCUT2D eigenvalue weighted by Crippen LogP contribution is -1.94. The van der Waals surface area contributed by atoms with Crippen LogP contribution in [0.3, 0.4) is 0 Å². The Bertz CT molecular complexity index is 849. The molecule has 0 aliphatic carbocycles. The molecule has 0 aliphatic rings. The molecule has 3 nitrogen and oxygen atoms in total. The van der Waals surface area contributed by atoms with Crippen molar-refractivity contribution in [2.24, 2.45) is 0 Å². The summed E-state index contributed by atoms with van der Waals surface area (Å²) in [4.78, 5) is 7.94. The predicted octanol–water partition coefficient (Wildman–Crippen LogP) is 2.86. The monoisotopic (exact) mass is 295 g/mol. The number of rotatable bonds is 0. The fraction of sp³-hybridized carbons (Fsp3) is 0. The minimum Gasteiger partial charge on any atom is -0.397 e. The first-order chi connectivity index (χ1) is 11.3. The third-order valence-electron chi connectivity index (χ3n) is 3.15. The topological polar surface area (TPSA) is 51.8 Å². The minimum atomic E-state index is 0.593. The van der Waals surface area contributed by atoms with E-state index in [9.17, 15) is 0 Å². The fourth-order valence-electron chi connectivity index (χ4n) is 1.93. The SMILES string of the molecule is Nc1c(C#Cc2ccncc2)cccc1C#Cc1ccncc1. The largest absolute Gasteiger partial charge is 0.397 e. The molecule has 0 atom stereocenters. The van der Waals surface area contributed by atoms with E-state index in [1.807, 2.05) is 42.5 Å². The molecular weight excluding hydrogens is 282 g/mol. The van der Waals surface area contributed by atoms with Crippen molar-refractivity contribution in [1.29, 1.82) is 0 Å². The normalized spacial score (nSPS) is 9.22. The molecule has 0 saturated heterocycles. The molecule has 23 heavy (non-hydrogen) atoms. The lowest BCUT2D eigenvalue weighted by atomic mass is 10.1. The smallest absolute Gasteiger partial charge is 0.0632 e. The van der Waals surface area contributed by atoms with Gasteiger partial charge in [0.1, 0.15) is 0 Å². The van der Waals surface area contributed by atoms with E-state index in [1.54, 1.807) is 24.8 Å². The first kappa shape index (κ1) is 14.4. The number of para-hydroxylation sites is 1. The van der Waals surface area contributed by atoms with E-state index in [-0.39, 0.29) is 0 Å². The Hall–Kier alpha value is -3.56. The van der Waals surface area contributed by atoms with E-state index in [2.05, 4.69) is 33.6 Å². The summed E-state index contributed by atoms with van der Waals surface area (Å²) in [5.74, 6) is 12.3. The van der Waals surface area contributed by atoms with Crippen LogP contribution >= 0.6 is 0 Å². The number of nitrogen functional groups attached to an aromatic ring is 1. The number of anilines is 1. The highest BCUT2D eigenvalue weighted by Crippen LogP contribution is 2.16. The van der Waals surface area contributed by atoms with Gasteiger partial charge in [-0.1, -0.05) is 29.7 Å². The lowest BCUT2D eigenvalue weighted by Gasteiger charge is -2.01. The van der Waals surface area contributed by atoms with E-state index in [0.29, 0.717) is 5.69 Å². The maximum absolute atomic E-state index is 6.18. The zero-order valence-corrected chi connectivity index (χ0v) is 12.3. The van der Waals surface area contributed by atoms with Gasteiger partial charge in [0.05, 0.1) is 5.69 Å². The highest BCUT2D eigenvalue weighted by atomic mass is 14.6. The zero-order valence-electron chi connectivity index (χ0n) is 12.3. The number of aromatic nitrogens is 2. The van der Waals surface area contributed by atoms with Gasteiger partial charge >= 0.3 is 0 Å². The van der Waals surface area contributed by atoms with Crippen molar-refractivity contribution in [2.75, 3.05) is 5.73 Å². The van der Waals surface area contributed by atoms with E-state index in [1.165, 1.54) is 0 Å². The van der Waals surface area contributed by atoms with E-state index < -0.39 is 0 Å². The van der Waals surface area contributed by atoms with Gasteiger partial charge in [-0.15, -0.1) is 0 Å². The zero-order chi connectivity index (χ0) is 15.9. The van der Waals surface area contributed by atoms with E-state index in [4.69, 9.17) is 5.73 Å². The van der Waals surface area contributed by atoms with Crippen LogP contribution in [0.5, 0.6) is 0 Å². The summed E-state index contributed by atoms with van der Waals surface area (Å²) in [6.07, 6.45) is 6.85. The number of benzene rings is 1. The van der Waals surface area contributed by atoms with Crippen LogP contribution in [0.2, 0.25) is 0 Å². The maximum atomic E-state index is 6.18. The number of hydrogen-bond donors (Lipinski definition) is 1. The molecule has 108 valence electrons. The van der Waals surface area contributed by atoms with Gasteiger partial charge in [0.25, 0.3) is 0 Å². The van der Waals surface area contributed by atoms with E-state index >= 15 is 0 Å². The first-order valence-corrected chi connectivity index (χ1v) is 7.05. The lowest BCUT2D eigenvalue weighted by molar-refractivity contribution is 1.32. The Morgan fingerprint density at radius 1 is 0.609 bits per heavy atom. The molecule has 2 N–H and O–H groups in total. The second-order valence-electron chi connectivity index (χ2n) is 4.74. The van der Waals surface area contributed by atoms with Crippen molar-refractivity contribution in [3.05, 3.63) is 89.5 Å². The molecule has 3 aromatic rings. The Morgan fingerprint density at radius 2 is 1.04 bits per heavy atom. The van der Waals surface area contributed by atoms with Crippen molar-refractivity contribution >= 4 is 5.69 Å². The number of hydrogen-bond acceptors (Lipinski definition) is 3. The molecule has 0 spiro atoms. The third-order valence-corrected chi connectivity index (χ3v) is 3.15. The Labute approximate surface area is 135 Å². The maximum Gasteiger partial charge on any atom is 0.0632 e. The van der Waals surface area contributed by atoms with Crippen LogP contribution in [0.25, 0.3) is 0 Å². The van der Waals surface area contributed by atoms with Crippen LogP contribution in [0.15, 0.2) is 67.3 Å². The molecule has 0 fully saturated rings. The molecule has 2 heterocycles. The van der Waals surface area contributed by atoms with E-state index in [0.717, 1.165) is 22.3 Å². The molecule has 0 aliphatic heterocycles. The van der Waals surface area contributed by atoms with Gasteiger partial charge in [-0.05, 0) is 36.4 Å². The summed E-state index contributed by atoms with van der Waals surface area (Å²) in [7, 11) is 0. The molecule has 0 bridgehead atoms. The standard InChI is InChI=1S/C20H13N3/c21-20-18(6-4-16-8-12-22-13-9-16)2-1-3-19(20)7-5-17-10-14-23-15-11-17/h1-3,8-15H,21H2. The van der Waals surface area contributed by atoms with Crippen LogP contribution in [-0.2, 0) is 0 Å². The summed E-state index contributed by atoms with van der Waals surface area (Å²) in [5, 5.41) is 0. The number of nitrogens with zero attached hydrogens (tertiary/aromatic N) is 2. The predicted molar refractivity (Wildman–Crippen MR) is 91.3 cm³/mol. The quantitative estimate of drug-likeness (QED) is 0.512. The Morgan fingerprint density at radius 3 is 1.48 bits per heavy atom. The molecule has 1 aromatic carbocycles. The molecule has 0 amide bonds. The van der Waals surface area contributed by atoms with Crippen molar-refractivity contribution < 1.29 is 0 Å². The summed E-state index contributed by atoms with van der Waals surface area (Å²) < 4.78 is 0. The van der Waals surface area contributed by atoms with Crippen molar-refractivity contribution in [3.63, 3.8) is 0 Å².